The molecular weight excluding hydrogens is 349 g/mol. The number of carbonyl (C=O) groups excluding carboxylic acids is 1. The van der Waals surface area contributed by atoms with Gasteiger partial charge in [-0.3, -0.25) is 9.59 Å². The molecule has 0 saturated heterocycles. The Morgan fingerprint density at radius 1 is 1.26 bits per heavy atom. The zero-order valence-electron chi connectivity index (χ0n) is 15.2. The lowest BCUT2D eigenvalue weighted by atomic mass is 10.1. The molecule has 6 nitrogen and oxygen atoms in total. The van der Waals surface area contributed by atoms with Crippen molar-refractivity contribution >= 4 is 16.8 Å². The van der Waals surface area contributed by atoms with Crippen LogP contribution in [-0.4, -0.2) is 40.6 Å². The molecule has 3 aromatic rings. The maximum absolute atomic E-state index is 14.0. The van der Waals surface area contributed by atoms with Gasteiger partial charge in [0, 0.05) is 38.4 Å². The maximum atomic E-state index is 14.0. The molecule has 0 fully saturated rings. The van der Waals surface area contributed by atoms with Crippen LogP contribution in [0.2, 0.25) is 0 Å². The molecule has 0 aliphatic carbocycles. The zero-order valence-corrected chi connectivity index (χ0v) is 15.2. The Morgan fingerprint density at radius 3 is 2.78 bits per heavy atom. The monoisotopic (exact) mass is 369 g/mol. The quantitative estimate of drug-likeness (QED) is 0.669. The van der Waals surface area contributed by atoms with Gasteiger partial charge in [0.2, 0.25) is 0 Å². The minimum Gasteiger partial charge on any atom is -0.383 e. The van der Waals surface area contributed by atoms with Crippen molar-refractivity contribution in [3.8, 4) is 0 Å². The highest BCUT2D eigenvalue weighted by molar-refractivity contribution is 5.97. The average Bonchev–Trinajstić information content (AvgIpc) is 2.68. The molecule has 0 aliphatic rings. The largest absolute Gasteiger partial charge is 0.383 e. The van der Waals surface area contributed by atoms with E-state index in [1.54, 1.807) is 50.6 Å². The van der Waals surface area contributed by atoms with Gasteiger partial charge in [-0.1, -0.05) is 18.2 Å². The lowest BCUT2D eigenvalue weighted by Gasteiger charge is -2.23. The third-order valence-corrected chi connectivity index (χ3v) is 4.34. The number of halogens is 1. The standard InChI is InChI=1S/C20H20FN3O3/c1-23-13-22-18-11-14(7-8-16(18)20(23)26)19(25)24(9-10-27-2)12-15-5-3-4-6-17(15)21/h3-8,11,13H,9-10,12H2,1-2H3. The van der Waals surface area contributed by atoms with E-state index in [4.69, 9.17) is 4.74 Å². The number of benzene rings is 2. The van der Waals surface area contributed by atoms with E-state index in [1.807, 2.05) is 0 Å². The molecule has 0 atom stereocenters. The van der Waals surface area contributed by atoms with Crippen LogP contribution in [0.1, 0.15) is 15.9 Å². The molecule has 27 heavy (non-hydrogen) atoms. The van der Waals surface area contributed by atoms with Crippen LogP contribution in [-0.2, 0) is 18.3 Å². The molecule has 1 heterocycles. The van der Waals surface area contributed by atoms with Gasteiger partial charge in [-0.15, -0.1) is 0 Å². The van der Waals surface area contributed by atoms with Crippen LogP contribution < -0.4 is 5.56 Å². The molecule has 0 spiro atoms. The van der Waals surface area contributed by atoms with E-state index < -0.39 is 0 Å². The first-order valence-electron chi connectivity index (χ1n) is 8.48. The third kappa shape index (κ3) is 4.03. The van der Waals surface area contributed by atoms with Crippen molar-refractivity contribution in [2.45, 2.75) is 6.54 Å². The number of hydrogen-bond acceptors (Lipinski definition) is 4. The van der Waals surface area contributed by atoms with Crippen molar-refractivity contribution in [1.82, 2.24) is 14.5 Å². The molecule has 0 saturated carbocycles. The van der Waals surface area contributed by atoms with E-state index in [0.29, 0.717) is 35.2 Å². The number of rotatable bonds is 6. The number of carbonyl (C=O) groups is 1. The Kier molecular flexibility index (Phi) is 5.61. The Hall–Kier alpha value is -3.06. The van der Waals surface area contributed by atoms with Crippen molar-refractivity contribution in [3.05, 3.63) is 76.1 Å². The molecule has 140 valence electrons. The summed E-state index contributed by atoms with van der Waals surface area (Å²) in [5, 5.41) is 0.439. The van der Waals surface area contributed by atoms with Crippen LogP contribution >= 0.6 is 0 Å². The van der Waals surface area contributed by atoms with Crippen molar-refractivity contribution < 1.29 is 13.9 Å². The summed E-state index contributed by atoms with van der Waals surface area (Å²) in [4.78, 5) is 30.9. The van der Waals surface area contributed by atoms with Gasteiger partial charge in [0.15, 0.2) is 0 Å². The molecule has 0 aliphatic heterocycles. The number of hydrogen-bond donors (Lipinski definition) is 0. The van der Waals surface area contributed by atoms with Crippen LogP contribution in [0, 0.1) is 5.82 Å². The van der Waals surface area contributed by atoms with E-state index in [-0.39, 0.29) is 23.8 Å². The fourth-order valence-corrected chi connectivity index (χ4v) is 2.81. The van der Waals surface area contributed by atoms with E-state index in [0.717, 1.165) is 0 Å². The van der Waals surface area contributed by atoms with Crippen molar-refractivity contribution in [2.75, 3.05) is 20.3 Å². The summed E-state index contributed by atoms with van der Waals surface area (Å²) in [5.41, 5.74) is 1.08. The smallest absolute Gasteiger partial charge is 0.260 e. The number of amides is 1. The normalized spacial score (nSPS) is 10.9. The molecule has 2 aromatic carbocycles. The second-order valence-corrected chi connectivity index (χ2v) is 6.20. The molecule has 7 heteroatoms. The first-order valence-corrected chi connectivity index (χ1v) is 8.48. The van der Waals surface area contributed by atoms with E-state index in [9.17, 15) is 14.0 Å². The molecule has 1 aromatic heterocycles. The maximum Gasteiger partial charge on any atom is 0.260 e. The first-order chi connectivity index (χ1) is 13.0. The summed E-state index contributed by atoms with van der Waals surface area (Å²) in [6.07, 6.45) is 1.42. The highest BCUT2D eigenvalue weighted by Crippen LogP contribution is 2.16. The number of ether oxygens (including phenoxy) is 1. The van der Waals surface area contributed by atoms with E-state index >= 15 is 0 Å². The fourth-order valence-electron chi connectivity index (χ4n) is 2.81. The van der Waals surface area contributed by atoms with Gasteiger partial charge in [-0.2, -0.15) is 0 Å². The van der Waals surface area contributed by atoms with Crippen LogP contribution in [0.25, 0.3) is 10.9 Å². The number of aromatic nitrogens is 2. The van der Waals surface area contributed by atoms with Crippen molar-refractivity contribution in [1.29, 1.82) is 0 Å². The predicted octanol–water partition coefficient (Wildman–Crippen LogP) is 2.36. The van der Waals surface area contributed by atoms with Gasteiger partial charge >= 0.3 is 0 Å². The summed E-state index contributed by atoms with van der Waals surface area (Å²) in [5.74, 6) is -0.643. The lowest BCUT2D eigenvalue weighted by molar-refractivity contribution is 0.0678. The molecule has 0 unspecified atom stereocenters. The minimum absolute atomic E-state index is 0.122. The lowest BCUT2D eigenvalue weighted by Crippen LogP contribution is -2.33. The number of nitrogens with zero attached hydrogens (tertiary/aromatic N) is 3. The van der Waals surface area contributed by atoms with Gasteiger partial charge in [-0.25, -0.2) is 9.37 Å². The molecule has 1 amide bonds. The third-order valence-electron chi connectivity index (χ3n) is 4.34. The molecule has 0 bridgehead atoms. The summed E-state index contributed by atoms with van der Waals surface area (Å²) in [7, 11) is 3.16. The summed E-state index contributed by atoms with van der Waals surface area (Å²) in [6.45, 7) is 0.759. The minimum atomic E-state index is -0.364. The summed E-state index contributed by atoms with van der Waals surface area (Å²) < 4.78 is 20.5. The molecule has 0 N–H and O–H groups in total. The Labute approximate surface area is 155 Å². The highest BCUT2D eigenvalue weighted by atomic mass is 19.1. The van der Waals surface area contributed by atoms with Crippen LogP contribution in [0.5, 0.6) is 0 Å². The van der Waals surface area contributed by atoms with Crippen molar-refractivity contribution in [2.24, 2.45) is 7.05 Å². The zero-order chi connectivity index (χ0) is 19.4. The number of methoxy groups -OCH3 is 1. The number of aryl methyl sites for hydroxylation is 1. The van der Waals surface area contributed by atoms with Gasteiger partial charge in [0.25, 0.3) is 11.5 Å². The Bertz CT molecular complexity index is 1030. The molecular formula is C20H20FN3O3. The first kappa shape index (κ1) is 18.7. The van der Waals surface area contributed by atoms with E-state index in [1.165, 1.54) is 21.9 Å². The van der Waals surface area contributed by atoms with Crippen LogP contribution in [0.15, 0.2) is 53.6 Å². The van der Waals surface area contributed by atoms with Crippen LogP contribution in [0.4, 0.5) is 4.39 Å². The number of fused-ring (bicyclic) bond motifs is 1. The van der Waals surface area contributed by atoms with Gasteiger partial charge in [-0.05, 0) is 24.3 Å². The second-order valence-electron chi connectivity index (χ2n) is 6.20. The predicted molar refractivity (Wildman–Crippen MR) is 100 cm³/mol. The average molecular weight is 369 g/mol. The summed E-state index contributed by atoms with van der Waals surface area (Å²) >= 11 is 0. The fraction of sp³-hybridized carbons (Fsp3) is 0.250. The topological polar surface area (TPSA) is 64.4 Å². The van der Waals surface area contributed by atoms with Gasteiger partial charge in [0.1, 0.15) is 5.82 Å². The SMILES string of the molecule is COCCN(Cc1ccccc1F)C(=O)c1ccc2c(=O)n(C)cnc2c1. The van der Waals surface area contributed by atoms with Gasteiger partial charge < -0.3 is 14.2 Å². The highest BCUT2D eigenvalue weighted by Gasteiger charge is 2.18. The summed E-state index contributed by atoms with van der Waals surface area (Å²) in [6, 6.07) is 11.1. The Morgan fingerprint density at radius 2 is 2.04 bits per heavy atom. The van der Waals surface area contributed by atoms with E-state index in [2.05, 4.69) is 4.98 Å². The second kappa shape index (κ2) is 8.09. The molecule has 3 rings (SSSR count). The van der Waals surface area contributed by atoms with Gasteiger partial charge in [0.05, 0.1) is 23.8 Å². The molecule has 0 radical (unpaired) electrons. The van der Waals surface area contributed by atoms with Crippen molar-refractivity contribution in [3.63, 3.8) is 0 Å². The Balaban J connectivity index is 1.93. The van der Waals surface area contributed by atoms with Crippen LogP contribution in [0.3, 0.4) is 0 Å².